The number of allylic oxidation sites excluding steroid dienone is 2. The average Bonchev–Trinajstić information content (AvgIpc) is 2.27. The highest BCUT2D eigenvalue weighted by atomic mass is 32.2. The zero-order valence-corrected chi connectivity index (χ0v) is 10.3. The molecule has 2 atom stereocenters. The van der Waals surface area contributed by atoms with Crippen LogP contribution in [0.1, 0.15) is 12.8 Å². The maximum Gasteiger partial charge on any atom is 0.310 e. The van der Waals surface area contributed by atoms with E-state index in [1.54, 1.807) is 12.2 Å². The molecule has 1 aliphatic rings. The molecule has 0 spiro atoms. The lowest BCUT2D eigenvalue weighted by Gasteiger charge is -2.23. The molecule has 1 rings (SSSR count). The summed E-state index contributed by atoms with van der Waals surface area (Å²) in [5.74, 6) is -4.20. The SMILES string of the molecule is O=C(O)C1CC=CCC1C(=O)OCCS(=O)(=O)O. The number of carbonyl (C=O) groups is 2. The lowest BCUT2D eigenvalue weighted by Crippen LogP contribution is -2.33. The van der Waals surface area contributed by atoms with E-state index in [4.69, 9.17) is 9.66 Å². The zero-order chi connectivity index (χ0) is 13.8. The molecular formula is C10H14O7S. The maximum atomic E-state index is 11.6. The van der Waals surface area contributed by atoms with Gasteiger partial charge < -0.3 is 9.84 Å². The fraction of sp³-hybridized carbons (Fsp3) is 0.600. The standard InChI is InChI=1S/C10H14O7S/c11-9(12)7-3-1-2-4-8(7)10(13)17-5-6-18(14,15)16/h1-2,7-8H,3-6H2,(H,11,12)(H,14,15,16). The van der Waals surface area contributed by atoms with Gasteiger partial charge >= 0.3 is 11.9 Å². The number of carbonyl (C=O) groups excluding carboxylic acids is 1. The van der Waals surface area contributed by atoms with Gasteiger partial charge in [-0.2, -0.15) is 8.42 Å². The summed E-state index contributed by atoms with van der Waals surface area (Å²) in [6.45, 7) is -0.482. The molecule has 2 unspecified atom stereocenters. The van der Waals surface area contributed by atoms with Crippen LogP contribution in [0.4, 0.5) is 0 Å². The number of hydrogen-bond donors (Lipinski definition) is 2. The van der Waals surface area contributed by atoms with E-state index in [2.05, 4.69) is 4.74 Å². The largest absolute Gasteiger partial charge is 0.481 e. The Morgan fingerprint density at radius 3 is 2.28 bits per heavy atom. The van der Waals surface area contributed by atoms with Gasteiger partial charge in [-0.25, -0.2) is 0 Å². The molecule has 0 saturated heterocycles. The minimum Gasteiger partial charge on any atom is -0.481 e. The first-order valence-electron chi connectivity index (χ1n) is 5.31. The van der Waals surface area contributed by atoms with Gasteiger partial charge in [-0.15, -0.1) is 0 Å². The summed E-state index contributed by atoms with van der Waals surface area (Å²) in [7, 11) is -4.19. The van der Waals surface area contributed by atoms with Gasteiger partial charge in [0.15, 0.2) is 0 Å². The molecule has 18 heavy (non-hydrogen) atoms. The minimum absolute atomic E-state index is 0.243. The lowest BCUT2D eigenvalue weighted by molar-refractivity contribution is -0.157. The quantitative estimate of drug-likeness (QED) is 0.415. The summed E-state index contributed by atoms with van der Waals surface area (Å²) in [6, 6.07) is 0. The van der Waals surface area contributed by atoms with Gasteiger partial charge in [0.2, 0.25) is 0 Å². The van der Waals surface area contributed by atoms with Crippen LogP contribution in [0, 0.1) is 11.8 Å². The fourth-order valence-corrected chi connectivity index (χ4v) is 2.00. The van der Waals surface area contributed by atoms with Gasteiger partial charge in [0.1, 0.15) is 12.4 Å². The second-order valence-corrected chi connectivity index (χ2v) is 5.52. The molecule has 0 radical (unpaired) electrons. The predicted molar refractivity (Wildman–Crippen MR) is 60.4 cm³/mol. The highest BCUT2D eigenvalue weighted by Gasteiger charge is 2.35. The number of rotatable bonds is 5. The number of carboxylic acid groups (broad SMARTS) is 1. The van der Waals surface area contributed by atoms with Crippen LogP contribution in [0.5, 0.6) is 0 Å². The third-order valence-corrected chi connectivity index (χ3v) is 3.32. The van der Waals surface area contributed by atoms with E-state index in [9.17, 15) is 18.0 Å². The molecule has 0 saturated carbocycles. The van der Waals surface area contributed by atoms with Crippen LogP contribution in [0.3, 0.4) is 0 Å². The van der Waals surface area contributed by atoms with Crippen molar-refractivity contribution in [3.8, 4) is 0 Å². The van der Waals surface area contributed by atoms with Crippen LogP contribution in [0.15, 0.2) is 12.2 Å². The van der Waals surface area contributed by atoms with Crippen molar-refractivity contribution in [3.05, 3.63) is 12.2 Å². The third kappa shape index (κ3) is 4.46. The zero-order valence-electron chi connectivity index (χ0n) is 9.48. The number of carboxylic acids is 1. The van der Waals surface area contributed by atoms with E-state index in [0.29, 0.717) is 0 Å². The molecule has 0 heterocycles. The molecule has 1 aliphatic carbocycles. The summed E-state index contributed by atoms with van der Waals surface area (Å²) in [5.41, 5.74) is 0. The van der Waals surface area contributed by atoms with Crippen molar-refractivity contribution in [2.45, 2.75) is 12.8 Å². The van der Waals surface area contributed by atoms with Crippen molar-refractivity contribution < 1.29 is 32.4 Å². The van der Waals surface area contributed by atoms with Crippen molar-refractivity contribution in [2.24, 2.45) is 11.8 Å². The normalized spacial score (nSPS) is 23.6. The van der Waals surface area contributed by atoms with Crippen LogP contribution in [-0.4, -0.2) is 42.4 Å². The van der Waals surface area contributed by atoms with Crippen molar-refractivity contribution in [1.29, 1.82) is 0 Å². The molecule has 0 amide bonds. The molecule has 0 fully saturated rings. The Labute approximate surface area is 104 Å². The van der Waals surface area contributed by atoms with Gasteiger partial charge in [-0.05, 0) is 12.8 Å². The summed E-state index contributed by atoms with van der Waals surface area (Å²) in [4.78, 5) is 22.5. The van der Waals surface area contributed by atoms with E-state index in [1.165, 1.54) is 0 Å². The summed E-state index contributed by atoms with van der Waals surface area (Å²) >= 11 is 0. The fourth-order valence-electron chi connectivity index (χ4n) is 1.70. The topological polar surface area (TPSA) is 118 Å². The van der Waals surface area contributed by atoms with E-state index in [0.717, 1.165) is 0 Å². The Balaban J connectivity index is 2.54. The smallest absolute Gasteiger partial charge is 0.310 e. The van der Waals surface area contributed by atoms with Crippen LogP contribution in [-0.2, 0) is 24.4 Å². The molecule has 2 N–H and O–H groups in total. The molecule has 0 aromatic carbocycles. The van der Waals surface area contributed by atoms with Crippen molar-refractivity contribution in [3.63, 3.8) is 0 Å². The minimum atomic E-state index is -4.19. The molecule has 8 heteroatoms. The van der Waals surface area contributed by atoms with Gasteiger partial charge in [-0.1, -0.05) is 12.2 Å². The molecule has 0 aromatic rings. The van der Waals surface area contributed by atoms with Crippen molar-refractivity contribution >= 4 is 22.1 Å². The molecule has 0 aromatic heterocycles. The molecule has 102 valence electrons. The van der Waals surface area contributed by atoms with Crippen LogP contribution >= 0.6 is 0 Å². The second-order valence-electron chi connectivity index (χ2n) is 3.95. The molecule has 7 nitrogen and oxygen atoms in total. The summed E-state index contributed by atoms with van der Waals surface area (Å²) < 4.78 is 34.0. The maximum absolute atomic E-state index is 11.6. The summed E-state index contributed by atoms with van der Waals surface area (Å²) in [6.07, 6.45) is 3.87. The van der Waals surface area contributed by atoms with Crippen molar-refractivity contribution in [2.75, 3.05) is 12.4 Å². The Morgan fingerprint density at radius 2 is 1.78 bits per heavy atom. The van der Waals surface area contributed by atoms with Gasteiger partial charge in [0.25, 0.3) is 10.1 Å². The second kappa shape index (κ2) is 5.96. The molecular weight excluding hydrogens is 264 g/mol. The lowest BCUT2D eigenvalue weighted by atomic mass is 9.83. The van der Waals surface area contributed by atoms with E-state index < -0.39 is 46.3 Å². The predicted octanol–water partition coefficient (Wildman–Crippen LogP) is 0.0844. The van der Waals surface area contributed by atoms with Gasteiger partial charge in [-0.3, -0.25) is 14.1 Å². The first kappa shape index (κ1) is 14.7. The first-order chi connectivity index (χ1) is 8.31. The van der Waals surface area contributed by atoms with Crippen LogP contribution in [0.25, 0.3) is 0 Å². The van der Waals surface area contributed by atoms with Crippen LogP contribution in [0.2, 0.25) is 0 Å². The van der Waals surface area contributed by atoms with Crippen molar-refractivity contribution in [1.82, 2.24) is 0 Å². The monoisotopic (exact) mass is 278 g/mol. The Bertz CT molecular complexity index is 451. The first-order valence-corrected chi connectivity index (χ1v) is 6.92. The van der Waals surface area contributed by atoms with E-state index in [-0.39, 0.29) is 12.8 Å². The molecule has 0 aliphatic heterocycles. The van der Waals surface area contributed by atoms with Crippen LogP contribution < -0.4 is 0 Å². The number of aliphatic carboxylic acids is 1. The molecule has 0 bridgehead atoms. The Kier molecular flexibility index (Phi) is 4.85. The third-order valence-electron chi connectivity index (χ3n) is 2.64. The van der Waals surface area contributed by atoms with Gasteiger partial charge in [0.05, 0.1) is 11.8 Å². The summed E-state index contributed by atoms with van der Waals surface area (Å²) in [5, 5.41) is 8.93. The van der Waals surface area contributed by atoms with E-state index >= 15 is 0 Å². The number of ether oxygens (including phenoxy) is 1. The Morgan fingerprint density at radius 1 is 1.22 bits per heavy atom. The Hall–Kier alpha value is -1.41. The van der Waals surface area contributed by atoms with E-state index in [1.807, 2.05) is 0 Å². The number of hydrogen-bond acceptors (Lipinski definition) is 5. The number of esters is 1. The highest BCUT2D eigenvalue weighted by Crippen LogP contribution is 2.26. The average molecular weight is 278 g/mol. The van der Waals surface area contributed by atoms with Gasteiger partial charge in [0, 0.05) is 0 Å². The highest BCUT2D eigenvalue weighted by molar-refractivity contribution is 7.85.